The van der Waals surface area contributed by atoms with Crippen LogP contribution in [0.5, 0.6) is 17.2 Å². The number of fused-ring (bicyclic) bond motifs is 1. The van der Waals surface area contributed by atoms with Crippen molar-refractivity contribution >= 4 is 17.6 Å². The molecule has 3 amide bonds. The van der Waals surface area contributed by atoms with E-state index < -0.39 is 6.04 Å². The molecule has 4 rings (SSSR count). The van der Waals surface area contributed by atoms with Crippen LogP contribution in [-0.4, -0.2) is 50.8 Å². The van der Waals surface area contributed by atoms with Crippen LogP contribution in [0.2, 0.25) is 0 Å². The zero-order valence-corrected chi connectivity index (χ0v) is 20.9. The van der Waals surface area contributed by atoms with Crippen molar-refractivity contribution in [3.05, 3.63) is 83.4 Å². The molecule has 3 aromatic rings. The summed E-state index contributed by atoms with van der Waals surface area (Å²) in [5.74, 6) is 1.57. The highest BCUT2D eigenvalue weighted by molar-refractivity contribution is 5.97. The van der Waals surface area contributed by atoms with E-state index in [1.54, 1.807) is 57.4 Å². The van der Waals surface area contributed by atoms with E-state index >= 15 is 0 Å². The van der Waals surface area contributed by atoms with Crippen molar-refractivity contribution in [1.29, 1.82) is 0 Å². The predicted octanol–water partition coefficient (Wildman–Crippen LogP) is 4.40. The smallest absolute Gasteiger partial charge is 0.318 e. The number of hydrogen-bond acceptors (Lipinski definition) is 5. The topological polar surface area (TPSA) is 89.1 Å². The SMILES string of the molecule is COc1cccc(NC(=O)[C@H](C)NC(=O)N2CCc3cc(OC)c(OC)cc3[C@H]2c2ccccc2)c1. The summed E-state index contributed by atoms with van der Waals surface area (Å²) in [5, 5.41) is 5.70. The summed E-state index contributed by atoms with van der Waals surface area (Å²) in [4.78, 5) is 28.1. The van der Waals surface area contributed by atoms with E-state index in [4.69, 9.17) is 14.2 Å². The number of nitrogens with zero attached hydrogens (tertiary/aromatic N) is 1. The first-order valence-electron chi connectivity index (χ1n) is 11.8. The van der Waals surface area contributed by atoms with Crippen LogP contribution in [-0.2, 0) is 11.2 Å². The zero-order chi connectivity index (χ0) is 25.7. The molecular formula is C28H31N3O5. The maximum absolute atomic E-state index is 13.5. The standard InChI is InChI=1S/C28H31N3O5/c1-18(27(32)30-21-11-8-12-22(16-21)34-2)29-28(33)31-14-13-20-15-24(35-3)25(36-4)17-23(20)26(31)19-9-6-5-7-10-19/h5-12,15-18,26H,13-14H2,1-4H3,(H,29,33)(H,30,32)/t18-,26+/m0/s1. The summed E-state index contributed by atoms with van der Waals surface area (Å²) < 4.78 is 16.2. The van der Waals surface area contributed by atoms with Gasteiger partial charge in [-0.05, 0) is 54.3 Å². The highest BCUT2D eigenvalue weighted by atomic mass is 16.5. The molecule has 0 saturated carbocycles. The van der Waals surface area contributed by atoms with Gasteiger partial charge >= 0.3 is 6.03 Å². The van der Waals surface area contributed by atoms with Gasteiger partial charge in [0.1, 0.15) is 11.8 Å². The van der Waals surface area contributed by atoms with Gasteiger partial charge in [0.05, 0.1) is 27.4 Å². The third-order valence-corrected chi connectivity index (χ3v) is 6.32. The summed E-state index contributed by atoms with van der Waals surface area (Å²) in [6.45, 7) is 2.15. The molecule has 0 fully saturated rings. The van der Waals surface area contributed by atoms with Gasteiger partial charge in [-0.25, -0.2) is 4.79 Å². The first-order valence-corrected chi connectivity index (χ1v) is 11.8. The molecule has 0 radical (unpaired) electrons. The van der Waals surface area contributed by atoms with Crippen LogP contribution in [0.1, 0.15) is 29.7 Å². The van der Waals surface area contributed by atoms with Crippen LogP contribution >= 0.6 is 0 Å². The zero-order valence-electron chi connectivity index (χ0n) is 20.9. The Balaban J connectivity index is 1.57. The van der Waals surface area contributed by atoms with Gasteiger partial charge < -0.3 is 29.7 Å². The number of methoxy groups -OCH3 is 3. The number of amides is 3. The molecule has 8 heteroatoms. The average molecular weight is 490 g/mol. The molecule has 0 spiro atoms. The third kappa shape index (κ3) is 5.22. The quantitative estimate of drug-likeness (QED) is 0.514. The number of rotatable bonds is 7. The number of benzene rings is 3. The second-order valence-electron chi connectivity index (χ2n) is 8.56. The molecule has 0 unspecified atom stereocenters. The summed E-state index contributed by atoms with van der Waals surface area (Å²) >= 11 is 0. The van der Waals surface area contributed by atoms with Gasteiger partial charge in [0.25, 0.3) is 0 Å². The van der Waals surface area contributed by atoms with E-state index in [1.807, 2.05) is 42.5 Å². The van der Waals surface area contributed by atoms with Crippen LogP contribution in [0, 0.1) is 0 Å². The number of carbonyl (C=O) groups excluding carboxylic acids is 2. The molecule has 2 atom stereocenters. The molecule has 36 heavy (non-hydrogen) atoms. The Hall–Kier alpha value is -4.20. The van der Waals surface area contributed by atoms with Gasteiger partial charge in [0.15, 0.2) is 11.5 Å². The molecule has 0 bridgehead atoms. The van der Waals surface area contributed by atoms with Crippen LogP contribution in [0.4, 0.5) is 10.5 Å². The first-order chi connectivity index (χ1) is 17.4. The Morgan fingerprint density at radius 2 is 1.64 bits per heavy atom. The van der Waals surface area contributed by atoms with Crippen LogP contribution in [0.3, 0.4) is 0 Å². The van der Waals surface area contributed by atoms with Crippen molar-refractivity contribution in [2.45, 2.75) is 25.4 Å². The van der Waals surface area contributed by atoms with E-state index in [0.717, 1.165) is 16.7 Å². The molecule has 0 saturated heterocycles. The Kier molecular flexibility index (Phi) is 7.63. The largest absolute Gasteiger partial charge is 0.497 e. The van der Waals surface area contributed by atoms with Gasteiger partial charge in [-0.2, -0.15) is 0 Å². The fourth-order valence-electron chi connectivity index (χ4n) is 4.44. The van der Waals surface area contributed by atoms with E-state index in [9.17, 15) is 9.59 Å². The maximum atomic E-state index is 13.5. The number of hydrogen-bond donors (Lipinski definition) is 2. The number of carbonyl (C=O) groups is 2. The normalized spacial score (nSPS) is 15.3. The van der Waals surface area contributed by atoms with Crippen molar-refractivity contribution in [3.63, 3.8) is 0 Å². The monoisotopic (exact) mass is 489 g/mol. The highest BCUT2D eigenvalue weighted by Gasteiger charge is 2.34. The molecule has 2 N–H and O–H groups in total. The summed E-state index contributed by atoms with van der Waals surface area (Å²) in [6.07, 6.45) is 0.650. The lowest BCUT2D eigenvalue weighted by Crippen LogP contribution is -2.51. The average Bonchev–Trinajstić information content (AvgIpc) is 2.91. The van der Waals surface area contributed by atoms with E-state index in [1.165, 1.54) is 0 Å². The van der Waals surface area contributed by atoms with Gasteiger partial charge in [-0.1, -0.05) is 36.4 Å². The first kappa shape index (κ1) is 24.9. The second kappa shape index (κ2) is 11.0. The minimum absolute atomic E-state index is 0.322. The van der Waals surface area contributed by atoms with Gasteiger partial charge in [-0.15, -0.1) is 0 Å². The second-order valence-corrected chi connectivity index (χ2v) is 8.56. The van der Waals surface area contributed by atoms with Crippen molar-refractivity contribution in [3.8, 4) is 17.2 Å². The summed E-state index contributed by atoms with van der Waals surface area (Å²) in [5.41, 5.74) is 3.62. The maximum Gasteiger partial charge on any atom is 0.318 e. The molecule has 0 aliphatic carbocycles. The number of ether oxygens (including phenoxy) is 3. The highest BCUT2D eigenvalue weighted by Crippen LogP contribution is 2.41. The fraction of sp³-hybridized carbons (Fsp3) is 0.286. The molecule has 1 heterocycles. The summed E-state index contributed by atoms with van der Waals surface area (Å²) in [7, 11) is 4.77. The predicted molar refractivity (Wildman–Crippen MR) is 138 cm³/mol. The Bertz CT molecular complexity index is 1230. The van der Waals surface area contributed by atoms with Crippen molar-refractivity contribution in [2.75, 3.05) is 33.2 Å². The number of urea groups is 1. The lowest BCUT2D eigenvalue weighted by molar-refractivity contribution is -0.117. The molecule has 188 valence electrons. The van der Waals surface area contributed by atoms with Crippen molar-refractivity contribution < 1.29 is 23.8 Å². The Morgan fingerprint density at radius 3 is 2.33 bits per heavy atom. The third-order valence-electron chi connectivity index (χ3n) is 6.32. The van der Waals surface area contributed by atoms with Gasteiger partial charge in [0.2, 0.25) is 5.91 Å². The summed E-state index contributed by atoms with van der Waals surface area (Å²) in [6, 6.07) is 19.4. The lowest BCUT2D eigenvalue weighted by Gasteiger charge is -2.38. The number of nitrogens with one attached hydrogen (secondary N) is 2. The molecular weight excluding hydrogens is 458 g/mol. The molecule has 0 aromatic heterocycles. The van der Waals surface area contributed by atoms with Crippen LogP contribution in [0.15, 0.2) is 66.7 Å². The van der Waals surface area contributed by atoms with E-state index in [0.29, 0.717) is 35.9 Å². The van der Waals surface area contributed by atoms with E-state index in [-0.39, 0.29) is 18.0 Å². The number of anilines is 1. The van der Waals surface area contributed by atoms with Crippen molar-refractivity contribution in [1.82, 2.24) is 10.2 Å². The van der Waals surface area contributed by atoms with Crippen LogP contribution in [0.25, 0.3) is 0 Å². The minimum Gasteiger partial charge on any atom is -0.497 e. The van der Waals surface area contributed by atoms with Crippen molar-refractivity contribution in [2.24, 2.45) is 0 Å². The van der Waals surface area contributed by atoms with E-state index in [2.05, 4.69) is 10.6 Å². The fourth-order valence-corrected chi connectivity index (χ4v) is 4.44. The van der Waals surface area contributed by atoms with Crippen LogP contribution < -0.4 is 24.8 Å². The molecule has 1 aliphatic heterocycles. The Morgan fingerprint density at radius 1 is 0.917 bits per heavy atom. The minimum atomic E-state index is -0.757. The molecule has 8 nitrogen and oxygen atoms in total. The molecule has 1 aliphatic rings. The van der Waals surface area contributed by atoms with Gasteiger partial charge in [0, 0.05) is 18.3 Å². The molecule has 3 aromatic carbocycles. The Labute approximate surface area is 211 Å². The lowest BCUT2D eigenvalue weighted by atomic mass is 9.88. The van der Waals surface area contributed by atoms with Gasteiger partial charge in [-0.3, -0.25) is 4.79 Å².